The summed E-state index contributed by atoms with van der Waals surface area (Å²) in [6.45, 7) is 8.30. The van der Waals surface area contributed by atoms with Gasteiger partial charge in [-0.2, -0.15) is 0 Å². The van der Waals surface area contributed by atoms with Crippen LogP contribution in [0.25, 0.3) is 0 Å². The van der Waals surface area contributed by atoms with E-state index in [0.717, 1.165) is 31.8 Å². The Morgan fingerprint density at radius 3 is 1.78 bits per heavy atom. The van der Waals surface area contributed by atoms with Crippen molar-refractivity contribution in [2.45, 2.75) is 173 Å². The lowest BCUT2D eigenvalue weighted by Gasteiger charge is -2.27. The molecule has 422 valence electrons. The van der Waals surface area contributed by atoms with Crippen LogP contribution >= 0.6 is 0 Å². The summed E-state index contributed by atoms with van der Waals surface area (Å²) < 4.78 is 0. The van der Waals surface area contributed by atoms with Crippen LogP contribution in [0.4, 0.5) is 0 Å². The van der Waals surface area contributed by atoms with Crippen molar-refractivity contribution in [1.82, 2.24) is 53.2 Å². The molecule has 0 aliphatic carbocycles. The molecule has 1 heterocycles. The first kappa shape index (κ1) is 66.2. The second-order valence-corrected chi connectivity index (χ2v) is 18.9. The van der Waals surface area contributed by atoms with Gasteiger partial charge in [-0.15, -0.1) is 0 Å². The Bertz CT molecular complexity index is 1890. The van der Waals surface area contributed by atoms with Crippen molar-refractivity contribution in [3.05, 3.63) is 11.8 Å². The predicted molar refractivity (Wildman–Crippen MR) is 274 cm³/mol. The van der Waals surface area contributed by atoms with Gasteiger partial charge in [-0.25, -0.2) is 0 Å². The number of hydrogen-bond donors (Lipinski definition) is 17. The second-order valence-electron chi connectivity index (χ2n) is 18.9. The Morgan fingerprint density at radius 1 is 0.689 bits per heavy atom. The highest BCUT2D eigenvalue weighted by molar-refractivity contribution is 6.02. The summed E-state index contributed by atoms with van der Waals surface area (Å²) in [4.78, 5) is 137. The largest absolute Gasteiger partial charge is 0.391 e. The van der Waals surface area contributed by atoms with E-state index in [0.29, 0.717) is 6.42 Å². The van der Waals surface area contributed by atoms with Gasteiger partial charge in [0.2, 0.25) is 53.2 Å². The van der Waals surface area contributed by atoms with Gasteiger partial charge in [0.15, 0.2) is 0 Å². The summed E-state index contributed by atoms with van der Waals surface area (Å²) in [5.74, 6) is -9.46. The van der Waals surface area contributed by atoms with Gasteiger partial charge in [-0.3, -0.25) is 47.9 Å². The molecule has 1 fully saturated rings. The number of carbonyl (C=O) groups excluding carboxylic acids is 10. The SMILES string of the molecule is CCCCCC[C@H](CN)CC(=O)N[C@H](C(=O)N[C@@H](CN)C(=O)N[C@H]1CCNC(=O)[C@H]([C@@H](C)O)NC(=O)[C@H](CCN)NC(=O)[C@H](CCN)NC(=O)[C@H](CC)NC(=O)[C@@H](CC(C)C)NC(=O)/C(=C\CN)NC1=O)[C@@H](C)O. The summed E-state index contributed by atoms with van der Waals surface area (Å²) in [5.41, 5.74) is 28.7. The molecule has 1 rings (SSSR count). The number of amides is 10. The van der Waals surface area contributed by atoms with Gasteiger partial charge in [-0.05, 0) is 89.9 Å². The number of unbranched alkanes of at least 4 members (excludes halogenated alkanes) is 3. The van der Waals surface area contributed by atoms with E-state index in [2.05, 4.69) is 60.1 Å². The molecular formula is C47H87N15O12. The van der Waals surface area contributed by atoms with Crippen molar-refractivity contribution in [3.8, 4) is 0 Å². The van der Waals surface area contributed by atoms with Crippen molar-refractivity contribution >= 4 is 59.1 Å². The first-order valence-corrected chi connectivity index (χ1v) is 25.6. The molecule has 74 heavy (non-hydrogen) atoms. The summed E-state index contributed by atoms with van der Waals surface area (Å²) >= 11 is 0. The molecule has 0 aromatic rings. The molecule has 0 saturated carbocycles. The molecule has 22 N–H and O–H groups in total. The van der Waals surface area contributed by atoms with E-state index in [1.807, 2.05) is 0 Å². The number of aliphatic hydroxyl groups is 2. The Kier molecular flexibility index (Phi) is 31.6. The molecule has 1 aliphatic rings. The topological polar surface area (TPSA) is 462 Å². The average Bonchev–Trinajstić information content (AvgIpc) is 3.34. The molecule has 10 amide bonds. The smallest absolute Gasteiger partial charge is 0.268 e. The van der Waals surface area contributed by atoms with Crippen molar-refractivity contribution in [1.29, 1.82) is 0 Å². The minimum Gasteiger partial charge on any atom is -0.391 e. The Morgan fingerprint density at radius 2 is 1.27 bits per heavy atom. The Hall–Kier alpha value is -5.84. The molecular weight excluding hydrogens is 967 g/mol. The van der Waals surface area contributed by atoms with Crippen LogP contribution in [0.15, 0.2) is 11.8 Å². The number of nitrogens with two attached hydrogens (primary N) is 5. The molecule has 1 saturated heterocycles. The zero-order valence-corrected chi connectivity index (χ0v) is 43.9. The minimum absolute atomic E-state index is 0.0146. The Labute approximate surface area is 433 Å². The molecule has 0 spiro atoms. The Balaban J connectivity index is 3.74. The van der Waals surface area contributed by atoms with Crippen LogP contribution < -0.4 is 81.8 Å². The van der Waals surface area contributed by atoms with E-state index in [1.165, 1.54) is 13.8 Å². The molecule has 0 aromatic heterocycles. The summed E-state index contributed by atoms with van der Waals surface area (Å²) in [6, 6.07) is -11.7. The lowest BCUT2D eigenvalue weighted by Crippen LogP contribution is -2.61. The number of carbonyl (C=O) groups is 10. The first-order valence-electron chi connectivity index (χ1n) is 25.6. The van der Waals surface area contributed by atoms with Crippen LogP contribution in [-0.4, -0.2) is 169 Å². The molecule has 27 nitrogen and oxygen atoms in total. The standard InChI is InChI=1S/C47H87N15O12/c1-7-9-10-11-12-28(23-51)22-36(65)61-38(27(6)64)47(74)60-35(24-52)45(72)58-33-16-20-53-46(73)37(26(5)63)62-43(70)32(15-19-50)57-40(67)30(13-17-48)55-39(66)29(8-2)54-44(71)34(21-25(3)4)59-41(68)31(14-18-49)56-42(33)69/h14,25-30,32-35,37-38,63-64H,7-13,15-24,48-52H2,1-6H3,(H,53,73)(H,54,71)(H,55,66)(H,56,69)(H,57,67)(H,58,72)(H,59,68)(H,60,74)(H,61,65)(H,62,70)/b31-14+/t26-,27-,28+,29+,30+,32+,33+,34-,35+,37+,38+/m1/s1. The van der Waals surface area contributed by atoms with E-state index in [-0.39, 0.29) is 70.1 Å². The predicted octanol–water partition coefficient (Wildman–Crippen LogP) is -5.85. The van der Waals surface area contributed by atoms with E-state index in [9.17, 15) is 58.2 Å². The van der Waals surface area contributed by atoms with Gasteiger partial charge in [0.1, 0.15) is 54.0 Å². The van der Waals surface area contributed by atoms with Crippen molar-refractivity contribution in [3.63, 3.8) is 0 Å². The average molecular weight is 1050 g/mol. The quantitative estimate of drug-likeness (QED) is 0.0316. The zero-order chi connectivity index (χ0) is 56.1. The van der Waals surface area contributed by atoms with Crippen LogP contribution in [0.1, 0.15) is 112 Å². The van der Waals surface area contributed by atoms with Gasteiger partial charge in [0.25, 0.3) is 5.91 Å². The number of nitrogens with one attached hydrogen (secondary N) is 10. The summed E-state index contributed by atoms with van der Waals surface area (Å²) in [6.07, 6.45) is 1.99. The summed E-state index contributed by atoms with van der Waals surface area (Å²) in [7, 11) is 0. The van der Waals surface area contributed by atoms with Crippen LogP contribution in [0, 0.1) is 11.8 Å². The first-order chi connectivity index (χ1) is 35.0. The fraction of sp³-hybridized carbons (Fsp3) is 0.745. The third-order valence-corrected chi connectivity index (χ3v) is 12.0. The van der Waals surface area contributed by atoms with Crippen LogP contribution in [0.2, 0.25) is 0 Å². The fourth-order valence-corrected chi connectivity index (χ4v) is 7.72. The molecule has 0 aromatic carbocycles. The van der Waals surface area contributed by atoms with Gasteiger partial charge in [0.05, 0.1) is 12.2 Å². The lowest BCUT2D eigenvalue weighted by atomic mass is 9.97. The van der Waals surface area contributed by atoms with Gasteiger partial charge < -0.3 is 92.0 Å². The molecule has 1 aliphatic heterocycles. The second kappa shape index (κ2) is 35.4. The third kappa shape index (κ3) is 23.6. The number of aliphatic hydroxyl groups excluding tert-OH is 2. The molecule has 0 bridgehead atoms. The third-order valence-electron chi connectivity index (χ3n) is 12.0. The van der Waals surface area contributed by atoms with Gasteiger partial charge >= 0.3 is 0 Å². The molecule has 11 atom stereocenters. The van der Waals surface area contributed by atoms with Crippen molar-refractivity contribution < 1.29 is 58.2 Å². The normalized spacial score (nSPS) is 23.8. The highest BCUT2D eigenvalue weighted by Crippen LogP contribution is 2.14. The molecule has 0 unspecified atom stereocenters. The van der Waals surface area contributed by atoms with Crippen LogP contribution in [0.3, 0.4) is 0 Å². The maximum atomic E-state index is 14.2. The van der Waals surface area contributed by atoms with Crippen LogP contribution in [0.5, 0.6) is 0 Å². The fourth-order valence-electron chi connectivity index (χ4n) is 7.72. The van der Waals surface area contributed by atoms with Gasteiger partial charge in [0, 0.05) is 26.1 Å². The highest BCUT2D eigenvalue weighted by atomic mass is 16.3. The van der Waals surface area contributed by atoms with E-state index in [1.54, 1.807) is 20.8 Å². The summed E-state index contributed by atoms with van der Waals surface area (Å²) in [5, 5.41) is 46.0. The molecule has 0 radical (unpaired) electrons. The monoisotopic (exact) mass is 1050 g/mol. The lowest BCUT2D eigenvalue weighted by molar-refractivity contribution is -0.136. The van der Waals surface area contributed by atoms with Gasteiger partial charge in [-0.1, -0.05) is 53.4 Å². The minimum atomic E-state index is -1.66. The maximum absolute atomic E-state index is 14.2. The van der Waals surface area contributed by atoms with E-state index < -0.39 is 145 Å². The zero-order valence-electron chi connectivity index (χ0n) is 43.9. The maximum Gasteiger partial charge on any atom is 0.268 e. The molecule has 27 heteroatoms. The number of hydrogen-bond acceptors (Lipinski definition) is 17. The van der Waals surface area contributed by atoms with Crippen molar-refractivity contribution in [2.24, 2.45) is 40.5 Å². The van der Waals surface area contributed by atoms with Crippen LogP contribution in [-0.2, 0) is 47.9 Å². The number of rotatable bonds is 24. The highest BCUT2D eigenvalue weighted by Gasteiger charge is 2.36. The van der Waals surface area contributed by atoms with E-state index in [4.69, 9.17) is 28.7 Å². The van der Waals surface area contributed by atoms with Crippen molar-refractivity contribution in [2.75, 3.05) is 39.3 Å². The van der Waals surface area contributed by atoms with E-state index >= 15 is 0 Å².